The van der Waals surface area contributed by atoms with E-state index >= 15 is 0 Å². The molecule has 1 aliphatic heterocycles. The molecule has 0 saturated carbocycles. The van der Waals surface area contributed by atoms with Crippen molar-refractivity contribution in [3.8, 4) is 0 Å². The second kappa shape index (κ2) is 6.93. The number of halogens is 1. The van der Waals surface area contributed by atoms with E-state index in [0.29, 0.717) is 12.2 Å². The standard InChI is InChI=1S/C14H22FN3O/c1-3-17-14(11-5-6-16-9-12(11)15)13-10-18(4-2)7-8-19-13/h5-6,9,13-14,17H,3-4,7-8,10H2,1-2H3. The number of aromatic nitrogens is 1. The molecule has 2 rings (SSSR count). The molecule has 19 heavy (non-hydrogen) atoms. The van der Waals surface area contributed by atoms with Crippen molar-refractivity contribution >= 4 is 0 Å². The quantitative estimate of drug-likeness (QED) is 0.879. The van der Waals surface area contributed by atoms with Gasteiger partial charge in [0.25, 0.3) is 0 Å². The van der Waals surface area contributed by atoms with Crippen LogP contribution in [0, 0.1) is 5.82 Å². The summed E-state index contributed by atoms with van der Waals surface area (Å²) in [6.07, 6.45) is 2.87. The van der Waals surface area contributed by atoms with Crippen LogP contribution in [0.4, 0.5) is 4.39 Å². The van der Waals surface area contributed by atoms with Crippen LogP contribution in [0.3, 0.4) is 0 Å². The van der Waals surface area contributed by atoms with Gasteiger partial charge in [0.05, 0.1) is 24.9 Å². The Hall–Kier alpha value is -1.04. The molecule has 2 atom stereocenters. The van der Waals surface area contributed by atoms with Crippen molar-refractivity contribution in [2.24, 2.45) is 0 Å². The van der Waals surface area contributed by atoms with E-state index in [1.54, 1.807) is 12.3 Å². The summed E-state index contributed by atoms with van der Waals surface area (Å²) in [5.41, 5.74) is 0.639. The molecule has 4 nitrogen and oxygen atoms in total. The first kappa shape index (κ1) is 14.4. The van der Waals surface area contributed by atoms with Crippen LogP contribution >= 0.6 is 0 Å². The number of nitrogens with one attached hydrogen (secondary N) is 1. The molecule has 106 valence electrons. The summed E-state index contributed by atoms with van der Waals surface area (Å²) in [5.74, 6) is -0.273. The molecule has 5 heteroatoms. The van der Waals surface area contributed by atoms with E-state index in [1.165, 1.54) is 6.20 Å². The third-order valence-electron chi connectivity index (χ3n) is 3.56. The van der Waals surface area contributed by atoms with Gasteiger partial charge in [0.1, 0.15) is 5.82 Å². The van der Waals surface area contributed by atoms with Crippen LogP contribution in [0.2, 0.25) is 0 Å². The van der Waals surface area contributed by atoms with Gasteiger partial charge in [0.15, 0.2) is 0 Å². The predicted octanol–water partition coefficient (Wildman–Crippen LogP) is 1.59. The highest BCUT2D eigenvalue weighted by molar-refractivity contribution is 5.19. The normalized spacial score (nSPS) is 22.4. The Morgan fingerprint density at radius 2 is 2.42 bits per heavy atom. The lowest BCUT2D eigenvalue weighted by molar-refractivity contribution is -0.0459. The molecule has 0 aliphatic carbocycles. The molecular formula is C14H22FN3O. The topological polar surface area (TPSA) is 37.4 Å². The number of pyridine rings is 1. The maximum atomic E-state index is 13.9. The summed E-state index contributed by atoms with van der Waals surface area (Å²) < 4.78 is 19.8. The fraction of sp³-hybridized carbons (Fsp3) is 0.643. The maximum Gasteiger partial charge on any atom is 0.146 e. The minimum absolute atomic E-state index is 0.0226. The number of hydrogen-bond donors (Lipinski definition) is 1. The third-order valence-corrected chi connectivity index (χ3v) is 3.56. The highest BCUT2D eigenvalue weighted by Crippen LogP contribution is 2.24. The van der Waals surface area contributed by atoms with Crippen molar-refractivity contribution in [1.82, 2.24) is 15.2 Å². The smallest absolute Gasteiger partial charge is 0.146 e. The molecule has 0 amide bonds. The highest BCUT2D eigenvalue weighted by atomic mass is 19.1. The van der Waals surface area contributed by atoms with Crippen LogP contribution in [0.1, 0.15) is 25.5 Å². The second-order valence-electron chi connectivity index (χ2n) is 4.74. The van der Waals surface area contributed by atoms with Crippen molar-refractivity contribution < 1.29 is 9.13 Å². The molecule has 1 aromatic heterocycles. The Bertz CT molecular complexity index is 402. The van der Waals surface area contributed by atoms with Gasteiger partial charge in [-0.25, -0.2) is 4.39 Å². The largest absolute Gasteiger partial charge is 0.374 e. The highest BCUT2D eigenvalue weighted by Gasteiger charge is 2.29. The molecule has 1 saturated heterocycles. The molecule has 0 aromatic carbocycles. The first-order valence-corrected chi connectivity index (χ1v) is 6.93. The number of nitrogens with zero attached hydrogens (tertiary/aromatic N) is 2. The molecule has 1 aromatic rings. The summed E-state index contributed by atoms with van der Waals surface area (Å²) in [5, 5.41) is 3.33. The van der Waals surface area contributed by atoms with Crippen molar-refractivity contribution in [3.63, 3.8) is 0 Å². The van der Waals surface area contributed by atoms with Crippen LogP contribution in [0.5, 0.6) is 0 Å². The Morgan fingerprint density at radius 1 is 1.58 bits per heavy atom. The van der Waals surface area contributed by atoms with Gasteiger partial charge in [0, 0.05) is 24.8 Å². The zero-order valence-electron chi connectivity index (χ0n) is 11.6. The molecule has 0 radical (unpaired) electrons. The summed E-state index contributed by atoms with van der Waals surface area (Å²) in [6, 6.07) is 1.61. The van der Waals surface area contributed by atoms with Gasteiger partial charge in [0.2, 0.25) is 0 Å². The fourth-order valence-corrected chi connectivity index (χ4v) is 2.52. The fourth-order valence-electron chi connectivity index (χ4n) is 2.52. The molecule has 0 bridgehead atoms. The zero-order chi connectivity index (χ0) is 13.7. The van der Waals surface area contributed by atoms with E-state index in [0.717, 1.165) is 26.2 Å². The van der Waals surface area contributed by atoms with Gasteiger partial charge in [-0.05, 0) is 19.2 Å². The Morgan fingerprint density at radius 3 is 3.11 bits per heavy atom. The first-order chi connectivity index (χ1) is 9.26. The lowest BCUT2D eigenvalue weighted by Gasteiger charge is -2.37. The Labute approximate surface area is 114 Å². The van der Waals surface area contributed by atoms with Crippen LogP contribution in [0.25, 0.3) is 0 Å². The van der Waals surface area contributed by atoms with E-state index in [2.05, 4.69) is 22.1 Å². The number of ether oxygens (including phenoxy) is 1. The van der Waals surface area contributed by atoms with Crippen molar-refractivity contribution in [2.75, 3.05) is 32.8 Å². The predicted molar refractivity (Wildman–Crippen MR) is 72.5 cm³/mol. The van der Waals surface area contributed by atoms with Crippen LogP contribution in [-0.2, 0) is 4.74 Å². The van der Waals surface area contributed by atoms with Gasteiger partial charge < -0.3 is 10.1 Å². The average molecular weight is 267 g/mol. The average Bonchev–Trinajstić information content (AvgIpc) is 2.46. The van der Waals surface area contributed by atoms with E-state index in [-0.39, 0.29) is 18.0 Å². The van der Waals surface area contributed by atoms with Crippen molar-refractivity contribution in [3.05, 3.63) is 29.8 Å². The SMILES string of the molecule is CCNC(c1ccncc1F)C1CN(CC)CCO1. The van der Waals surface area contributed by atoms with Crippen LogP contribution in [0.15, 0.2) is 18.5 Å². The number of rotatable bonds is 5. The first-order valence-electron chi connectivity index (χ1n) is 6.93. The van der Waals surface area contributed by atoms with E-state index in [4.69, 9.17) is 4.74 Å². The Kier molecular flexibility index (Phi) is 5.24. The lowest BCUT2D eigenvalue weighted by atomic mass is 10.0. The molecule has 1 aliphatic rings. The van der Waals surface area contributed by atoms with Gasteiger partial charge >= 0.3 is 0 Å². The molecule has 1 fully saturated rings. The Balaban J connectivity index is 2.17. The van der Waals surface area contributed by atoms with E-state index in [1.807, 2.05) is 6.92 Å². The summed E-state index contributed by atoms with van der Waals surface area (Å²) in [6.45, 7) is 8.41. The van der Waals surface area contributed by atoms with Crippen LogP contribution in [-0.4, -0.2) is 48.8 Å². The van der Waals surface area contributed by atoms with Gasteiger partial charge in [-0.1, -0.05) is 13.8 Å². The maximum absolute atomic E-state index is 13.9. The van der Waals surface area contributed by atoms with Crippen molar-refractivity contribution in [2.45, 2.75) is 26.0 Å². The van der Waals surface area contributed by atoms with Gasteiger partial charge in [-0.3, -0.25) is 9.88 Å². The summed E-state index contributed by atoms with van der Waals surface area (Å²) in [7, 11) is 0. The van der Waals surface area contributed by atoms with Crippen molar-refractivity contribution in [1.29, 1.82) is 0 Å². The van der Waals surface area contributed by atoms with E-state index < -0.39 is 0 Å². The van der Waals surface area contributed by atoms with Gasteiger partial charge in [-0.2, -0.15) is 0 Å². The molecule has 0 spiro atoms. The third kappa shape index (κ3) is 3.49. The second-order valence-corrected chi connectivity index (χ2v) is 4.74. The minimum Gasteiger partial charge on any atom is -0.374 e. The number of likely N-dealkylation sites (N-methyl/N-ethyl adjacent to an activating group) is 2. The lowest BCUT2D eigenvalue weighted by Crippen LogP contribution is -2.48. The summed E-state index contributed by atoms with van der Waals surface area (Å²) in [4.78, 5) is 6.14. The van der Waals surface area contributed by atoms with Crippen LogP contribution < -0.4 is 5.32 Å². The monoisotopic (exact) mass is 267 g/mol. The van der Waals surface area contributed by atoms with Gasteiger partial charge in [-0.15, -0.1) is 0 Å². The molecule has 1 N–H and O–H groups in total. The zero-order valence-corrected chi connectivity index (χ0v) is 11.6. The van der Waals surface area contributed by atoms with E-state index in [9.17, 15) is 4.39 Å². The molecular weight excluding hydrogens is 245 g/mol. The number of hydrogen-bond acceptors (Lipinski definition) is 4. The summed E-state index contributed by atoms with van der Waals surface area (Å²) >= 11 is 0. The number of morpholine rings is 1. The molecule has 2 heterocycles. The minimum atomic E-state index is -0.273. The molecule has 2 unspecified atom stereocenters.